The number of Topliss-reactive ketones (excluding diaryl/α,β-unsaturated/α-hetero) is 1. The van der Waals surface area contributed by atoms with Gasteiger partial charge in [-0.1, -0.05) is 6.07 Å². The number of nitrogens with zero attached hydrogens (tertiary/aromatic N) is 4. The second kappa shape index (κ2) is 8.94. The van der Waals surface area contributed by atoms with Gasteiger partial charge < -0.3 is 14.7 Å². The van der Waals surface area contributed by atoms with Gasteiger partial charge >= 0.3 is 0 Å². The minimum absolute atomic E-state index is 0.143. The molecule has 2 aromatic rings. The molecule has 31 heavy (non-hydrogen) atoms. The minimum Gasteiger partial charge on any atom is -0.507 e. The average Bonchev–Trinajstić information content (AvgIpc) is 3.43. The Bertz CT molecular complexity index is 1010. The van der Waals surface area contributed by atoms with Crippen molar-refractivity contribution in [3.05, 3.63) is 44.9 Å². The lowest BCUT2D eigenvalue weighted by molar-refractivity contribution is -0.140. The number of amides is 1. The van der Waals surface area contributed by atoms with Crippen molar-refractivity contribution in [3.8, 4) is 0 Å². The van der Waals surface area contributed by atoms with Gasteiger partial charge in [0.05, 0.1) is 36.1 Å². The van der Waals surface area contributed by atoms with Crippen LogP contribution in [0, 0.1) is 13.8 Å². The zero-order valence-electron chi connectivity index (χ0n) is 18.1. The Labute approximate surface area is 185 Å². The number of thiophene rings is 1. The molecule has 2 saturated heterocycles. The highest BCUT2D eigenvalue weighted by Gasteiger charge is 2.46. The van der Waals surface area contributed by atoms with Gasteiger partial charge in [-0.25, -0.2) is 0 Å². The van der Waals surface area contributed by atoms with Crippen LogP contribution in [0.15, 0.2) is 23.1 Å². The normalized spacial score (nSPS) is 21.9. The zero-order chi connectivity index (χ0) is 22.1. The molecular weight excluding hydrogens is 416 g/mol. The number of aliphatic hydroxyl groups excluding tert-OH is 1. The molecule has 1 atom stereocenters. The summed E-state index contributed by atoms with van der Waals surface area (Å²) in [5.74, 6) is -1.33. The lowest BCUT2D eigenvalue weighted by Gasteiger charge is -2.28. The van der Waals surface area contributed by atoms with Crippen LogP contribution in [-0.4, -0.2) is 75.8 Å². The summed E-state index contributed by atoms with van der Waals surface area (Å²) >= 11 is 1.48. The van der Waals surface area contributed by atoms with Crippen LogP contribution in [0.4, 0.5) is 0 Å². The molecule has 2 fully saturated rings. The van der Waals surface area contributed by atoms with Crippen molar-refractivity contribution < 1.29 is 19.4 Å². The van der Waals surface area contributed by atoms with E-state index in [9.17, 15) is 14.7 Å². The monoisotopic (exact) mass is 444 g/mol. The lowest BCUT2D eigenvalue weighted by atomic mass is 9.99. The molecule has 2 aliphatic heterocycles. The molecule has 8 nitrogen and oxygen atoms in total. The van der Waals surface area contributed by atoms with Crippen LogP contribution in [0.3, 0.4) is 0 Å². The van der Waals surface area contributed by atoms with E-state index in [0.29, 0.717) is 17.8 Å². The van der Waals surface area contributed by atoms with Crippen molar-refractivity contribution >= 4 is 28.8 Å². The fourth-order valence-electron chi connectivity index (χ4n) is 4.39. The van der Waals surface area contributed by atoms with Gasteiger partial charge in [-0.3, -0.25) is 19.2 Å². The van der Waals surface area contributed by atoms with E-state index >= 15 is 0 Å². The Morgan fingerprint density at radius 3 is 2.61 bits per heavy atom. The molecule has 0 unspecified atom stereocenters. The molecule has 0 aromatic carbocycles. The van der Waals surface area contributed by atoms with E-state index in [2.05, 4.69) is 10.00 Å². The number of aryl methyl sites for hydroxylation is 2. The van der Waals surface area contributed by atoms with Crippen LogP contribution >= 0.6 is 11.3 Å². The number of ketones is 1. The Hall–Kier alpha value is -2.49. The molecule has 0 aliphatic carbocycles. The van der Waals surface area contributed by atoms with Gasteiger partial charge in [0.2, 0.25) is 0 Å². The fourth-order valence-corrected chi connectivity index (χ4v) is 5.24. The largest absolute Gasteiger partial charge is 0.507 e. The van der Waals surface area contributed by atoms with Crippen LogP contribution < -0.4 is 0 Å². The molecule has 166 valence electrons. The summed E-state index contributed by atoms with van der Waals surface area (Å²) in [5, 5.41) is 17.5. The highest BCUT2D eigenvalue weighted by atomic mass is 32.1. The Kier molecular flexibility index (Phi) is 6.27. The Morgan fingerprint density at radius 1 is 1.26 bits per heavy atom. The maximum atomic E-state index is 13.1. The summed E-state index contributed by atoms with van der Waals surface area (Å²) in [7, 11) is 1.79. The van der Waals surface area contributed by atoms with Gasteiger partial charge in [-0.05, 0) is 31.7 Å². The highest BCUT2D eigenvalue weighted by molar-refractivity contribution is 7.10. The topological polar surface area (TPSA) is 87.9 Å². The van der Waals surface area contributed by atoms with Crippen molar-refractivity contribution in [1.82, 2.24) is 19.6 Å². The van der Waals surface area contributed by atoms with E-state index in [1.165, 1.54) is 11.3 Å². The maximum Gasteiger partial charge on any atom is 0.295 e. The van der Waals surface area contributed by atoms with E-state index in [0.717, 1.165) is 49.8 Å². The van der Waals surface area contributed by atoms with Crippen LogP contribution in [0.2, 0.25) is 0 Å². The number of aromatic nitrogens is 2. The SMILES string of the molecule is Cc1nn(C)c(C)c1/C(O)=C1\C(=O)C(=O)N(CCCN2CCOCC2)[C@H]1c1cccs1. The molecule has 1 N–H and O–H groups in total. The number of hydrogen-bond acceptors (Lipinski definition) is 7. The number of morpholine rings is 1. The van der Waals surface area contributed by atoms with Gasteiger partial charge in [0.1, 0.15) is 5.76 Å². The Morgan fingerprint density at radius 2 is 2.00 bits per heavy atom. The van der Waals surface area contributed by atoms with Crippen LogP contribution in [0.5, 0.6) is 0 Å². The molecular formula is C22H28N4O4S. The number of carbonyl (C=O) groups excluding carboxylic acids is 2. The van der Waals surface area contributed by atoms with Gasteiger partial charge in [0.15, 0.2) is 0 Å². The first-order valence-corrected chi connectivity index (χ1v) is 11.4. The van der Waals surface area contributed by atoms with E-state index in [1.54, 1.807) is 23.6 Å². The first-order valence-electron chi connectivity index (χ1n) is 10.5. The summed E-state index contributed by atoms with van der Waals surface area (Å²) in [4.78, 5) is 30.9. The zero-order valence-corrected chi connectivity index (χ0v) is 18.9. The molecule has 0 bridgehead atoms. The minimum atomic E-state index is -0.634. The van der Waals surface area contributed by atoms with Crippen LogP contribution in [0.1, 0.15) is 34.3 Å². The maximum absolute atomic E-state index is 13.1. The molecule has 0 radical (unpaired) electrons. The predicted octanol–water partition coefficient (Wildman–Crippen LogP) is 2.24. The third-order valence-corrected chi connectivity index (χ3v) is 7.00. The molecule has 1 amide bonds. The summed E-state index contributed by atoms with van der Waals surface area (Å²) in [6.45, 7) is 8.14. The quantitative estimate of drug-likeness (QED) is 0.418. The molecule has 4 heterocycles. The van der Waals surface area contributed by atoms with Crippen molar-refractivity contribution in [2.24, 2.45) is 7.05 Å². The van der Waals surface area contributed by atoms with Crippen molar-refractivity contribution in [1.29, 1.82) is 0 Å². The number of hydrogen-bond donors (Lipinski definition) is 1. The van der Waals surface area contributed by atoms with Crippen molar-refractivity contribution in [2.75, 3.05) is 39.4 Å². The van der Waals surface area contributed by atoms with Gasteiger partial charge in [-0.15, -0.1) is 11.3 Å². The lowest BCUT2D eigenvalue weighted by Crippen LogP contribution is -2.38. The summed E-state index contributed by atoms with van der Waals surface area (Å²) in [5.41, 5.74) is 2.05. The molecule has 0 spiro atoms. The van der Waals surface area contributed by atoms with Gasteiger partial charge in [-0.2, -0.15) is 5.10 Å². The second-order valence-electron chi connectivity index (χ2n) is 7.98. The smallest absolute Gasteiger partial charge is 0.295 e. The third kappa shape index (κ3) is 4.05. The number of likely N-dealkylation sites (tertiary alicyclic amines) is 1. The van der Waals surface area contributed by atoms with Gasteiger partial charge in [0.25, 0.3) is 11.7 Å². The third-order valence-electron chi connectivity index (χ3n) is 6.08. The summed E-state index contributed by atoms with van der Waals surface area (Å²) in [6, 6.07) is 3.23. The number of ether oxygens (including phenoxy) is 1. The first kappa shape index (κ1) is 21.7. The average molecular weight is 445 g/mol. The standard InChI is InChI=1S/C22H28N4O4S/c1-14-17(15(2)24(3)23-14)20(27)18-19(16-6-4-13-31-16)26(22(29)21(18)28)8-5-7-25-9-11-30-12-10-25/h4,6,13,19,27H,5,7-12H2,1-3H3/b20-18+/t19-/m0/s1. The first-order chi connectivity index (χ1) is 14.9. The van der Waals surface area contributed by atoms with E-state index in [4.69, 9.17) is 4.74 Å². The second-order valence-corrected chi connectivity index (χ2v) is 8.96. The van der Waals surface area contributed by atoms with Gasteiger partial charge in [0, 0.05) is 43.8 Å². The molecule has 9 heteroatoms. The van der Waals surface area contributed by atoms with Crippen LogP contribution in [0.25, 0.3) is 5.76 Å². The van der Waals surface area contributed by atoms with E-state index in [1.807, 2.05) is 24.4 Å². The van der Waals surface area contributed by atoms with Crippen molar-refractivity contribution in [3.63, 3.8) is 0 Å². The highest BCUT2D eigenvalue weighted by Crippen LogP contribution is 2.41. The van der Waals surface area contributed by atoms with Crippen LogP contribution in [-0.2, 0) is 21.4 Å². The summed E-state index contributed by atoms with van der Waals surface area (Å²) < 4.78 is 7.06. The fraction of sp³-hybridized carbons (Fsp3) is 0.500. The van der Waals surface area contributed by atoms with E-state index in [-0.39, 0.29) is 11.3 Å². The molecule has 4 rings (SSSR count). The number of carbonyl (C=O) groups is 2. The Balaban J connectivity index is 1.66. The number of aliphatic hydroxyl groups is 1. The molecule has 2 aliphatic rings. The molecule has 2 aromatic heterocycles. The molecule has 0 saturated carbocycles. The summed E-state index contributed by atoms with van der Waals surface area (Å²) in [6.07, 6.45) is 0.750. The van der Waals surface area contributed by atoms with E-state index < -0.39 is 17.7 Å². The number of rotatable bonds is 6. The predicted molar refractivity (Wildman–Crippen MR) is 118 cm³/mol. The van der Waals surface area contributed by atoms with Crippen molar-refractivity contribution in [2.45, 2.75) is 26.3 Å².